The summed E-state index contributed by atoms with van der Waals surface area (Å²) < 4.78 is 18.2. The lowest BCUT2D eigenvalue weighted by atomic mass is 9.95. The van der Waals surface area contributed by atoms with Crippen LogP contribution in [0.5, 0.6) is 0 Å². The molecule has 0 amide bonds. The van der Waals surface area contributed by atoms with Crippen LogP contribution in [0.15, 0.2) is 173 Å². The van der Waals surface area contributed by atoms with Crippen LogP contribution in [-0.2, 0) is 0 Å². The van der Waals surface area contributed by atoms with Crippen LogP contribution in [0, 0.1) is 0 Å². The van der Waals surface area contributed by atoms with Gasteiger partial charge in [-0.05, 0) is 64.0 Å². The molecule has 0 unspecified atom stereocenters. The Kier molecular flexibility index (Phi) is 5.85. The van der Waals surface area contributed by atoms with Gasteiger partial charge in [-0.25, -0.2) is 9.97 Å². The van der Waals surface area contributed by atoms with Crippen molar-refractivity contribution in [3.63, 3.8) is 0 Å². The third-order valence-corrected chi connectivity index (χ3v) is 13.3. The topological polar surface area (TPSA) is 57.0 Å². The molecule has 0 spiro atoms. The van der Waals surface area contributed by atoms with Gasteiger partial charge < -0.3 is 8.83 Å². The summed E-state index contributed by atoms with van der Waals surface area (Å²) in [5, 5.41) is 14.8. The van der Waals surface area contributed by atoms with Crippen LogP contribution in [0.3, 0.4) is 0 Å². The van der Waals surface area contributed by atoms with Gasteiger partial charge in [-0.2, -0.15) is 0 Å². The number of nitrogens with zero attached hydrogens (tertiary/aromatic N) is 3. The van der Waals surface area contributed by atoms with Crippen LogP contribution in [-0.4, -0.2) is 14.5 Å². The molecule has 0 fully saturated rings. The zero-order valence-corrected chi connectivity index (χ0v) is 31.5. The van der Waals surface area contributed by atoms with Crippen molar-refractivity contribution >= 4 is 130 Å². The smallest absolute Gasteiger partial charge is 0.236 e. The predicted molar refractivity (Wildman–Crippen MR) is 242 cm³/mol. The zero-order chi connectivity index (χ0) is 37.6. The average molecular weight is 758 g/mol. The molecule has 0 aliphatic carbocycles. The van der Waals surface area contributed by atoms with E-state index < -0.39 is 0 Å². The summed E-state index contributed by atoms with van der Waals surface area (Å²) in [6, 6.07) is 58.0. The van der Waals surface area contributed by atoms with Crippen molar-refractivity contribution in [3.05, 3.63) is 164 Å². The number of thiophene rings is 1. The molecule has 0 bridgehead atoms. The van der Waals surface area contributed by atoms with Gasteiger partial charge in [0.15, 0.2) is 5.58 Å². The first kappa shape index (κ1) is 30.7. The quantitative estimate of drug-likeness (QED) is 0.165. The fourth-order valence-corrected chi connectivity index (χ4v) is 11.0. The Hall–Kier alpha value is -7.54. The Morgan fingerprint density at radius 1 is 0.414 bits per heavy atom. The minimum Gasteiger partial charge on any atom is -0.455 e. The van der Waals surface area contributed by atoms with Crippen LogP contribution in [0.2, 0.25) is 0 Å². The molecule has 5 heterocycles. The zero-order valence-electron chi connectivity index (χ0n) is 30.7. The molecule has 14 rings (SSSR count). The lowest BCUT2D eigenvalue weighted by Gasteiger charge is -2.13. The summed E-state index contributed by atoms with van der Waals surface area (Å²) in [6.45, 7) is 0. The standard InChI is InChI=1S/C52H27N3O2S/c1-2-15-30-28(13-1)38(27-43-44(30)36-20-8-12-24-42(36)58-43)48-51-47(35-19-7-11-23-41(35)57-51)53-52(54-48)55-39-21-9-5-18-34(39)45-37-26-25-33-29-14-6-10-22-40(29)56-50(33)46(37)31-16-3-4-17-32(31)49(45)55/h1-27H. The lowest BCUT2D eigenvalue weighted by molar-refractivity contribution is 0.666. The molecule has 0 radical (unpaired) electrons. The highest BCUT2D eigenvalue weighted by Crippen LogP contribution is 2.48. The first-order valence-electron chi connectivity index (χ1n) is 19.5. The van der Waals surface area contributed by atoms with Crippen LogP contribution >= 0.6 is 11.3 Å². The predicted octanol–water partition coefficient (Wildman–Crippen LogP) is 14.9. The van der Waals surface area contributed by atoms with Gasteiger partial charge in [0.05, 0.1) is 11.0 Å². The van der Waals surface area contributed by atoms with E-state index in [2.05, 4.69) is 150 Å². The van der Waals surface area contributed by atoms with Crippen LogP contribution in [0.25, 0.3) is 136 Å². The molecule has 0 aliphatic rings. The fraction of sp³-hybridized carbons (Fsp3) is 0. The Balaban J connectivity index is 1.17. The first-order valence-corrected chi connectivity index (χ1v) is 20.3. The molecule has 0 aliphatic heterocycles. The van der Waals surface area contributed by atoms with E-state index in [1.165, 1.54) is 25.6 Å². The highest BCUT2D eigenvalue weighted by atomic mass is 32.1. The van der Waals surface area contributed by atoms with Gasteiger partial charge in [0.25, 0.3) is 0 Å². The number of hydrogen-bond acceptors (Lipinski definition) is 5. The summed E-state index contributed by atoms with van der Waals surface area (Å²) in [6.07, 6.45) is 0. The number of para-hydroxylation sites is 3. The van der Waals surface area contributed by atoms with Gasteiger partial charge in [0.2, 0.25) is 5.95 Å². The van der Waals surface area contributed by atoms with E-state index >= 15 is 0 Å². The molecule has 0 atom stereocenters. The molecule has 6 heteroatoms. The highest BCUT2D eigenvalue weighted by molar-refractivity contribution is 7.26. The maximum absolute atomic E-state index is 6.76. The number of furan rings is 2. The van der Waals surface area contributed by atoms with Gasteiger partial charge in [0, 0.05) is 63.4 Å². The molecule has 58 heavy (non-hydrogen) atoms. The Bertz CT molecular complexity index is 4110. The number of benzene rings is 9. The van der Waals surface area contributed by atoms with Crippen LogP contribution < -0.4 is 0 Å². The minimum absolute atomic E-state index is 0.593. The van der Waals surface area contributed by atoms with E-state index in [0.717, 1.165) is 98.4 Å². The summed E-state index contributed by atoms with van der Waals surface area (Å²) in [4.78, 5) is 11.1. The average Bonchev–Trinajstić information content (AvgIpc) is 4.05. The molecule has 0 saturated carbocycles. The first-order chi connectivity index (χ1) is 28.8. The van der Waals surface area contributed by atoms with Crippen molar-refractivity contribution in [2.75, 3.05) is 0 Å². The molecule has 5 nitrogen and oxygen atoms in total. The number of aromatic nitrogens is 3. The second-order valence-electron chi connectivity index (χ2n) is 15.2. The molecular formula is C52H27N3O2S. The van der Waals surface area contributed by atoms with E-state index in [0.29, 0.717) is 11.5 Å². The summed E-state index contributed by atoms with van der Waals surface area (Å²) in [7, 11) is 0. The van der Waals surface area contributed by atoms with Gasteiger partial charge in [-0.3, -0.25) is 4.57 Å². The molecule has 268 valence electrons. The van der Waals surface area contributed by atoms with Gasteiger partial charge >= 0.3 is 0 Å². The molecule has 14 aromatic rings. The SMILES string of the molecule is c1ccc2c(c1)oc1c2ccc2c1c1ccccc1c1c2c2ccccc2n1-c1nc(-c2cc3sc4ccccc4c3c3ccccc23)c2oc3ccccc3c2n1. The largest absolute Gasteiger partial charge is 0.455 e. The highest BCUT2D eigenvalue weighted by Gasteiger charge is 2.26. The maximum atomic E-state index is 6.76. The Labute approximate surface area is 332 Å². The number of fused-ring (bicyclic) bond motifs is 20. The van der Waals surface area contributed by atoms with Gasteiger partial charge in [-0.1, -0.05) is 121 Å². The van der Waals surface area contributed by atoms with Crippen molar-refractivity contribution < 1.29 is 8.83 Å². The lowest BCUT2D eigenvalue weighted by Crippen LogP contribution is -2.03. The van der Waals surface area contributed by atoms with Crippen molar-refractivity contribution in [2.24, 2.45) is 0 Å². The third kappa shape index (κ3) is 3.89. The van der Waals surface area contributed by atoms with Crippen LogP contribution in [0.1, 0.15) is 0 Å². The Morgan fingerprint density at radius 2 is 1.02 bits per heavy atom. The van der Waals surface area contributed by atoms with Crippen molar-refractivity contribution in [3.8, 4) is 17.2 Å². The third-order valence-electron chi connectivity index (χ3n) is 12.2. The number of hydrogen-bond donors (Lipinski definition) is 0. The number of rotatable bonds is 2. The summed E-state index contributed by atoms with van der Waals surface area (Å²) in [5.41, 5.74) is 7.92. The maximum Gasteiger partial charge on any atom is 0.236 e. The van der Waals surface area contributed by atoms with Crippen molar-refractivity contribution in [2.45, 2.75) is 0 Å². The van der Waals surface area contributed by atoms with Gasteiger partial charge in [-0.15, -0.1) is 11.3 Å². The fourth-order valence-electron chi connectivity index (χ4n) is 9.79. The minimum atomic E-state index is 0.593. The molecule has 0 N–H and O–H groups in total. The normalized spacial score (nSPS) is 12.5. The van der Waals surface area contributed by atoms with Crippen LogP contribution in [0.4, 0.5) is 0 Å². The Morgan fingerprint density at radius 3 is 1.84 bits per heavy atom. The van der Waals surface area contributed by atoms with Gasteiger partial charge in [0.1, 0.15) is 28.0 Å². The molecule has 9 aromatic carbocycles. The van der Waals surface area contributed by atoms with E-state index in [4.69, 9.17) is 18.8 Å². The van der Waals surface area contributed by atoms with E-state index in [1.807, 2.05) is 29.5 Å². The summed E-state index contributed by atoms with van der Waals surface area (Å²) >= 11 is 1.82. The van der Waals surface area contributed by atoms with E-state index in [1.54, 1.807) is 0 Å². The molecule has 0 saturated heterocycles. The van der Waals surface area contributed by atoms with E-state index in [9.17, 15) is 0 Å². The monoisotopic (exact) mass is 757 g/mol. The van der Waals surface area contributed by atoms with Crippen molar-refractivity contribution in [1.82, 2.24) is 14.5 Å². The second kappa shape index (κ2) is 11.1. The summed E-state index contributed by atoms with van der Waals surface area (Å²) in [5.74, 6) is 0.593. The van der Waals surface area contributed by atoms with E-state index in [-0.39, 0.29) is 0 Å². The molecule has 5 aromatic heterocycles. The second-order valence-corrected chi connectivity index (χ2v) is 16.3. The van der Waals surface area contributed by atoms with Crippen molar-refractivity contribution in [1.29, 1.82) is 0 Å². The molecular weight excluding hydrogens is 731 g/mol.